The number of amides is 1. The Morgan fingerprint density at radius 2 is 2.03 bits per heavy atom. The number of thiophene rings is 1. The lowest BCUT2D eigenvalue weighted by atomic mass is 10.0. The number of benzene rings is 2. The van der Waals surface area contributed by atoms with Gasteiger partial charge in [-0.15, -0.1) is 16.4 Å². The monoisotopic (exact) mass is 491 g/mol. The van der Waals surface area contributed by atoms with Crippen LogP contribution < -0.4 is 10.6 Å². The number of nitrogens with zero attached hydrogens (tertiary/aromatic N) is 3. The molecular weight excluding hydrogens is 469 g/mol. The van der Waals surface area contributed by atoms with Crippen LogP contribution in [0.5, 0.6) is 0 Å². The summed E-state index contributed by atoms with van der Waals surface area (Å²) >= 11 is 2.92. The van der Waals surface area contributed by atoms with Crippen molar-refractivity contribution in [3.8, 4) is 0 Å². The first-order valence-electron chi connectivity index (χ1n) is 10.7. The molecule has 0 saturated carbocycles. The zero-order valence-corrected chi connectivity index (χ0v) is 20.2. The Morgan fingerprint density at radius 3 is 2.79 bits per heavy atom. The average molecular weight is 492 g/mol. The number of allylic oxidation sites excluding steroid dienone is 1. The van der Waals surface area contributed by atoms with Gasteiger partial charge < -0.3 is 10.6 Å². The van der Waals surface area contributed by atoms with Gasteiger partial charge in [0.05, 0.1) is 5.57 Å². The van der Waals surface area contributed by atoms with E-state index < -0.39 is 6.04 Å². The Morgan fingerprint density at radius 1 is 1.18 bits per heavy atom. The highest BCUT2D eigenvalue weighted by Crippen LogP contribution is 2.38. The minimum Gasteiger partial charge on any atom is -0.328 e. The molecule has 9 heteroatoms. The number of thioether (sulfide) groups is 1. The van der Waals surface area contributed by atoms with Crippen molar-refractivity contribution in [2.24, 2.45) is 0 Å². The van der Waals surface area contributed by atoms with Crippen LogP contribution in [0.4, 0.5) is 16.0 Å². The molecule has 4 aromatic rings. The van der Waals surface area contributed by atoms with Crippen molar-refractivity contribution >= 4 is 40.6 Å². The molecule has 6 nitrogen and oxygen atoms in total. The van der Waals surface area contributed by atoms with Crippen molar-refractivity contribution in [3.05, 3.63) is 99.1 Å². The van der Waals surface area contributed by atoms with E-state index in [1.54, 1.807) is 28.2 Å². The molecule has 2 N–H and O–H groups in total. The van der Waals surface area contributed by atoms with Gasteiger partial charge in [-0.1, -0.05) is 48.2 Å². The van der Waals surface area contributed by atoms with Crippen LogP contribution in [0.25, 0.3) is 0 Å². The molecule has 0 bridgehead atoms. The normalized spacial score (nSPS) is 15.1. The number of carbonyl (C=O) groups excluding carboxylic acids is 1. The standard InChI is InChI=1S/C25H22FN5OS2/c1-15-7-5-9-18(13-15)28-23(32)21-16(2)27-24-29-25(34-14-17-8-3-4-10-19(17)26)30-31(24)22(21)20-11-6-12-33-20/h3-13,22H,14H2,1-2H3,(H,28,32)(H,27,29,30). The molecule has 0 fully saturated rings. The second-order valence-corrected chi connectivity index (χ2v) is 9.87. The van der Waals surface area contributed by atoms with Gasteiger partial charge in [0, 0.05) is 22.0 Å². The van der Waals surface area contributed by atoms with E-state index in [-0.39, 0.29) is 11.7 Å². The summed E-state index contributed by atoms with van der Waals surface area (Å²) in [6, 6.07) is 17.9. The smallest absolute Gasteiger partial charge is 0.255 e. The van der Waals surface area contributed by atoms with Gasteiger partial charge in [0.25, 0.3) is 5.91 Å². The molecule has 34 heavy (non-hydrogen) atoms. The third-order valence-electron chi connectivity index (χ3n) is 5.48. The van der Waals surface area contributed by atoms with Crippen LogP contribution in [0.1, 0.15) is 29.0 Å². The van der Waals surface area contributed by atoms with Crippen LogP contribution in [0.15, 0.2) is 82.5 Å². The van der Waals surface area contributed by atoms with Crippen LogP contribution >= 0.6 is 23.1 Å². The Balaban J connectivity index is 1.46. The average Bonchev–Trinajstić information content (AvgIpc) is 3.47. The van der Waals surface area contributed by atoms with Gasteiger partial charge in [-0.2, -0.15) is 4.98 Å². The number of fused-ring (bicyclic) bond motifs is 1. The molecule has 0 spiro atoms. The first kappa shape index (κ1) is 22.4. The van der Waals surface area contributed by atoms with Crippen LogP contribution in [0, 0.1) is 12.7 Å². The largest absolute Gasteiger partial charge is 0.328 e. The van der Waals surface area contributed by atoms with Crippen molar-refractivity contribution in [1.29, 1.82) is 0 Å². The number of hydrogen-bond donors (Lipinski definition) is 2. The topological polar surface area (TPSA) is 71.8 Å². The molecular formula is C25H22FN5OS2. The lowest BCUT2D eigenvalue weighted by Gasteiger charge is -2.27. The van der Waals surface area contributed by atoms with E-state index in [1.165, 1.54) is 17.8 Å². The summed E-state index contributed by atoms with van der Waals surface area (Å²) in [6.45, 7) is 3.86. The maximum absolute atomic E-state index is 14.0. The molecule has 1 aliphatic heterocycles. The molecule has 1 aliphatic rings. The minimum atomic E-state index is -0.420. The van der Waals surface area contributed by atoms with Crippen molar-refractivity contribution in [1.82, 2.24) is 14.8 Å². The molecule has 1 amide bonds. The summed E-state index contributed by atoms with van der Waals surface area (Å²) in [5.41, 5.74) is 3.69. The molecule has 0 aliphatic carbocycles. The highest BCUT2D eigenvalue weighted by Gasteiger charge is 2.35. The predicted molar refractivity (Wildman–Crippen MR) is 135 cm³/mol. The molecule has 0 saturated heterocycles. The third-order valence-corrected chi connectivity index (χ3v) is 7.29. The zero-order chi connectivity index (χ0) is 23.7. The van der Waals surface area contributed by atoms with Crippen LogP contribution in [0.2, 0.25) is 0 Å². The Hall–Kier alpha value is -3.43. The van der Waals surface area contributed by atoms with Crippen LogP contribution in [-0.4, -0.2) is 20.7 Å². The van der Waals surface area contributed by atoms with E-state index in [9.17, 15) is 9.18 Å². The molecule has 1 unspecified atom stereocenters. The van der Waals surface area contributed by atoms with Gasteiger partial charge >= 0.3 is 0 Å². The van der Waals surface area contributed by atoms with Crippen molar-refractivity contribution in [3.63, 3.8) is 0 Å². The third kappa shape index (κ3) is 4.49. The summed E-state index contributed by atoms with van der Waals surface area (Å²) in [4.78, 5) is 19.0. The second kappa shape index (κ2) is 9.44. The summed E-state index contributed by atoms with van der Waals surface area (Å²) < 4.78 is 15.8. The number of hydrogen-bond acceptors (Lipinski definition) is 6. The van der Waals surface area contributed by atoms with Gasteiger partial charge in [-0.05, 0) is 54.6 Å². The van der Waals surface area contributed by atoms with Crippen molar-refractivity contribution in [2.45, 2.75) is 30.8 Å². The number of rotatable bonds is 6. The van der Waals surface area contributed by atoms with E-state index in [0.717, 1.165) is 16.1 Å². The van der Waals surface area contributed by atoms with E-state index in [1.807, 2.05) is 61.7 Å². The summed E-state index contributed by atoms with van der Waals surface area (Å²) in [6.07, 6.45) is 0. The van der Waals surface area contributed by atoms with E-state index in [0.29, 0.717) is 33.7 Å². The minimum absolute atomic E-state index is 0.198. The van der Waals surface area contributed by atoms with Gasteiger partial charge in [0.15, 0.2) is 0 Å². The highest BCUT2D eigenvalue weighted by molar-refractivity contribution is 7.98. The maximum Gasteiger partial charge on any atom is 0.255 e. The highest BCUT2D eigenvalue weighted by atomic mass is 32.2. The van der Waals surface area contributed by atoms with Crippen LogP contribution in [0.3, 0.4) is 0 Å². The molecule has 5 rings (SSSR count). The van der Waals surface area contributed by atoms with E-state index >= 15 is 0 Å². The number of nitrogens with one attached hydrogen (secondary N) is 2. The fourth-order valence-electron chi connectivity index (χ4n) is 3.88. The fourth-order valence-corrected chi connectivity index (χ4v) is 5.51. The molecule has 1 atom stereocenters. The second-order valence-electron chi connectivity index (χ2n) is 7.95. The molecule has 2 aromatic carbocycles. The molecule has 0 radical (unpaired) electrons. The van der Waals surface area contributed by atoms with E-state index in [2.05, 4.69) is 15.6 Å². The SMILES string of the molecule is CC1=C(C(=O)Nc2cccc(C)c2)C(c2cccs2)n2nc(SCc3ccccc3F)nc2N1. The van der Waals surface area contributed by atoms with Gasteiger partial charge in [0.1, 0.15) is 11.9 Å². The van der Waals surface area contributed by atoms with Crippen molar-refractivity contribution < 1.29 is 9.18 Å². The molecule has 2 aromatic heterocycles. The molecule has 172 valence electrons. The predicted octanol–water partition coefficient (Wildman–Crippen LogP) is 6.01. The van der Waals surface area contributed by atoms with Gasteiger partial charge in [0.2, 0.25) is 11.1 Å². The lowest BCUT2D eigenvalue weighted by Crippen LogP contribution is -2.31. The number of aromatic nitrogens is 3. The van der Waals surface area contributed by atoms with E-state index in [4.69, 9.17) is 5.10 Å². The number of halogens is 1. The first-order valence-corrected chi connectivity index (χ1v) is 12.6. The zero-order valence-electron chi connectivity index (χ0n) is 18.6. The Bertz CT molecular complexity index is 1380. The number of aryl methyl sites for hydroxylation is 1. The lowest BCUT2D eigenvalue weighted by molar-refractivity contribution is -0.113. The Kier molecular flexibility index (Phi) is 6.21. The van der Waals surface area contributed by atoms with Crippen molar-refractivity contribution in [2.75, 3.05) is 10.6 Å². The Labute approximate surface area is 204 Å². The molecule has 3 heterocycles. The quantitative estimate of drug-likeness (QED) is 0.323. The summed E-state index contributed by atoms with van der Waals surface area (Å²) in [5, 5.41) is 13.5. The summed E-state index contributed by atoms with van der Waals surface area (Å²) in [7, 11) is 0. The number of anilines is 2. The van der Waals surface area contributed by atoms with Gasteiger partial charge in [-0.3, -0.25) is 4.79 Å². The van der Waals surface area contributed by atoms with Crippen LogP contribution in [-0.2, 0) is 10.5 Å². The maximum atomic E-state index is 14.0. The fraction of sp³-hybridized carbons (Fsp3) is 0.160. The first-order chi connectivity index (χ1) is 16.5. The number of carbonyl (C=O) groups is 1. The summed E-state index contributed by atoms with van der Waals surface area (Å²) in [5.74, 6) is 0.517. The van der Waals surface area contributed by atoms with Gasteiger partial charge in [-0.25, -0.2) is 9.07 Å².